The molecule has 0 saturated carbocycles. The summed E-state index contributed by atoms with van der Waals surface area (Å²) in [7, 11) is -3.99. The molecule has 0 aliphatic carbocycles. The number of carbonyl (C=O) groups is 1. The van der Waals surface area contributed by atoms with Gasteiger partial charge in [-0.25, -0.2) is 8.42 Å². The molecule has 9 heteroatoms. The molecule has 0 radical (unpaired) electrons. The Hall–Kier alpha value is -3.56. The maximum atomic E-state index is 13.7. The van der Waals surface area contributed by atoms with Gasteiger partial charge in [0.05, 0.1) is 16.4 Å². The van der Waals surface area contributed by atoms with E-state index in [1.165, 1.54) is 24.3 Å². The van der Waals surface area contributed by atoms with Crippen LogP contribution in [-0.2, 0) is 21.2 Å². The molecule has 3 aromatic rings. The fourth-order valence-corrected chi connectivity index (χ4v) is 5.75. The van der Waals surface area contributed by atoms with Crippen LogP contribution in [0.5, 0.6) is 0 Å². The average Bonchev–Trinajstić information content (AvgIpc) is 2.76. The smallest absolute Gasteiger partial charge is 0.271 e. The first-order chi connectivity index (χ1) is 16.1. The van der Waals surface area contributed by atoms with Crippen LogP contribution in [0.3, 0.4) is 0 Å². The summed E-state index contributed by atoms with van der Waals surface area (Å²) < 4.78 is 28.6. The lowest BCUT2D eigenvalue weighted by Gasteiger charge is -2.24. The van der Waals surface area contributed by atoms with Gasteiger partial charge in [0.25, 0.3) is 5.69 Å². The summed E-state index contributed by atoms with van der Waals surface area (Å²) in [4.78, 5) is 23.5. The van der Waals surface area contributed by atoms with Gasteiger partial charge >= 0.3 is 0 Å². The van der Waals surface area contributed by atoms with Crippen LogP contribution in [0, 0.1) is 30.9 Å². The van der Waals surface area contributed by atoms with Crippen molar-refractivity contribution in [3.05, 3.63) is 99.1 Å². The molecule has 0 atom stereocenters. The molecule has 1 N–H and O–H groups in total. The number of hydrogen-bond acceptors (Lipinski definition) is 5. The zero-order valence-electron chi connectivity index (χ0n) is 19.3. The van der Waals surface area contributed by atoms with Gasteiger partial charge in [-0.05, 0) is 49.9 Å². The van der Waals surface area contributed by atoms with Gasteiger partial charge in [0, 0.05) is 24.4 Å². The predicted octanol–water partition coefficient (Wildman–Crippen LogP) is 4.39. The second-order valence-corrected chi connectivity index (χ2v) is 10.0. The zero-order valence-corrected chi connectivity index (χ0v) is 20.1. The van der Waals surface area contributed by atoms with E-state index in [1.807, 2.05) is 37.3 Å². The number of nitrogens with one attached hydrogen (secondary N) is 1. The van der Waals surface area contributed by atoms with Gasteiger partial charge in [0.1, 0.15) is 0 Å². The van der Waals surface area contributed by atoms with Crippen molar-refractivity contribution in [1.82, 2.24) is 4.31 Å². The Bertz CT molecular complexity index is 1280. The van der Waals surface area contributed by atoms with Crippen molar-refractivity contribution in [2.75, 3.05) is 18.4 Å². The SMILES string of the molecule is Cc1cc(C)c(S(=O)(=O)N(CCc2ccccc2)CC(=O)Nc2cccc([N+](=O)[O-])c2)c(C)c1. The van der Waals surface area contributed by atoms with Gasteiger partial charge in [-0.3, -0.25) is 14.9 Å². The Kier molecular flexibility index (Phi) is 7.80. The van der Waals surface area contributed by atoms with Crippen LogP contribution in [0.4, 0.5) is 11.4 Å². The van der Waals surface area contributed by atoms with E-state index in [4.69, 9.17) is 0 Å². The van der Waals surface area contributed by atoms with E-state index in [9.17, 15) is 23.3 Å². The van der Waals surface area contributed by atoms with Crippen molar-refractivity contribution >= 4 is 27.3 Å². The van der Waals surface area contributed by atoms with Crippen molar-refractivity contribution in [1.29, 1.82) is 0 Å². The van der Waals surface area contributed by atoms with Crippen molar-refractivity contribution in [3.63, 3.8) is 0 Å². The van der Waals surface area contributed by atoms with Crippen LogP contribution >= 0.6 is 0 Å². The van der Waals surface area contributed by atoms with Crippen LogP contribution in [0.15, 0.2) is 71.6 Å². The van der Waals surface area contributed by atoms with E-state index >= 15 is 0 Å². The van der Waals surface area contributed by atoms with Crippen molar-refractivity contribution in [2.24, 2.45) is 0 Å². The highest BCUT2D eigenvalue weighted by molar-refractivity contribution is 7.89. The molecule has 0 aliphatic rings. The van der Waals surface area contributed by atoms with E-state index in [1.54, 1.807) is 26.0 Å². The number of nitro benzene ring substituents is 1. The van der Waals surface area contributed by atoms with Gasteiger partial charge in [-0.15, -0.1) is 0 Å². The molecule has 0 aliphatic heterocycles. The fourth-order valence-electron chi connectivity index (χ4n) is 3.94. The van der Waals surface area contributed by atoms with E-state index in [0.29, 0.717) is 17.5 Å². The first-order valence-corrected chi connectivity index (χ1v) is 12.2. The number of nitrogens with zero attached hydrogens (tertiary/aromatic N) is 2. The Morgan fingerprint density at radius 1 is 0.971 bits per heavy atom. The minimum absolute atomic E-state index is 0.0987. The average molecular weight is 482 g/mol. The van der Waals surface area contributed by atoms with E-state index in [2.05, 4.69) is 5.32 Å². The number of anilines is 1. The largest absolute Gasteiger partial charge is 0.325 e. The number of amides is 1. The van der Waals surface area contributed by atoms with E-state index in [-0.39, 0.29) is 22.8 Å². The van der Waals surface area contributed by atoms with Gasteiger partial charge in [-0.2, -0.15) is 4.31 Å². The van der Waals surface area contributed by atoms with Crippen LogP contribution in [0.25, 0.3) is 0 Å². The molecule has 0 aromatic heterocycles. The lowest BCUT2D eigenvalue weighted by atomic mass is 10.1. The molecule has 34 heavy (non-hydrogen) atoms. The molecule has 3 aromatic carbocycles. The molecular formula is C25H27N3O5S. The second-order valence-electron chi connectivity index (χ2n) is 8.16. The zero-order chi connectivity index (χ0) is 24.9. The Balaban J connectivity index is 1.89. The van der Waals surface area contributed by atoms with Crippen molar-refractivity contribution in [2.45, 2.75) is 32.1 Å². The summed E-state index contributed by atoms with van der Waals surface area (Å²) in [6.45, 7) is 5.05. The first-order valence-electron chi connectivity index (χ1n) is 10.7. The normalized spacial score (nSPS) is 11.4. The molecule has 8 nitrogen and oxygen atoms in total. The Labute approximate surface area is 199 Å². The molecule has 178 valence electrons. The minimum Gasteiger partial charge on any atom is -0.325 e. The predicted molar refractivity (Wildman–Crippen MR) is 131 cm³/mol. The van der Waals surface area contributed by atoms with Crippen molar-refractivity contribution < 1.29 is 18.1 Å². The highest BCUT2D eigenvalue weighted by Crippen LogP contribution is 2.26. The van der Waals surface area contributed by atoms with Crippen LogP contribution in [-0.4, -0.2) is 36.6 Å². The molecule has 0 fully saturated rings. The number of rotatable bonds is 9. The van der Waals surface area contributed by atoms with Gasteiger partial charge in [0.2, 0.25) is 15.9 Å². The summed E-state index contributed by atoms with van der Waals surface area (Å²) >= 11 is 0. The number of non-ortho nitro benzene ring substituents is 1. The minimum atomic E-state index is -3.99. The van der Waals surface area contributed by atoms with E-state index in [0.717, 1.165) is 15.4 Å². The maximum absolute atomic E-state index is 13.7. The quantitative estimate of drug-likeness (QED) is 0.360. The first kappa shape index (κ1) is 25.1. The highest BCUT2D eigenvalue weighted by Gasteiger charge is 2.29. The molecule has 1 amide bonds. The number of aryl methyl sites for hydroxylation is 3. The van der Waals surface area contributed by atoms with Crippen LogP contribution < -0.4 is 5.32 Å². The molecule has 3 rings (SSSR count). The number of carbonyl (C=O) groups excluding carboxylic acids is 1. The van der Waals surface area contributed by atoms with Gasteiger partial charge < -0.3 is 5.32 Å². The van der Waals surface area contributed by atoms with Crippen LogP contribution in [0.2, 0.25) is 0 Å². The topological polar surface area (TPSA) is 110 Å². The maximum Gasteiger partial charge on any atom is 0.271 e. The monoisotopic (exact) mass is 481 g/mol. The molecule has 0 saturated heterocycles. The van der Waals surface area contributed by atoms with E-state index < -0.39 is 27.4 Å². The third-order valence-corrected chi connectivity index (χ3v) is 7.51. The molecule has 0 spiro atoms. The summed E-state index contributed by atoms with van der Waals surface area (Å²) in [5, 5.41) is 13.6. The molecular weight excluding hydrogens is 454 g/mol. The molecule has 0 heterocycles. The third-order valence-electron chi connectivity index (χ3n) is 5.36. The molecule has 0 unspecified atom stereocenters. The lowest BCUT2D eigenvalue weighted by Crippen LogP contribution is -2.39. The fraction of sp³-hybridized carbons (Fsp3) is 0.240. The summed E-state index contributed by atoms with van der Waals surface area (Å²) in [5.74, 6) is -0.584. The van der Waals surface area contributed by atoms with Crippen molar-refractivity contribution in [3.8, 4) is 0 Å². The summed E-state index contributed by atoms with van der Waals surface area (Å²) in [6.07, 6.45) is 0.425. The Morgan fingerprint density at radius 3 is 2.24 bits per heavy atom. The number of nitro groups is 1. The summed E-state index contributed by atoms with van der Waals surface area (Å²) in [6, 6.07) is 18.5. The highest BCUT2D eigenvalue weighted by atomic mass is 32.2. The second kappa shape index (κ2) is 10.6. The standard InChI is InChI=1S/C25H27N3O5S/c1-18-14-19(2)25(20(3)15-18)34(32,33)27(13-12-21-8-5-4-6-9-21)17-24(29)26-22-10-7-11-23(16-22)28(30)31/h4-11,14-16H,12-13,17H2,1-3H3,(H,26,29). The van der Waals surface area contributed by atoms with Crippen LogP contribution in [0.1, 0.15) is 22.3 Å². The van der Waals surface area contributed by atoms with Gasteiger partial charge in [-0.1, -0.05) is 54.1 Å². The number of sulfonamides is 1. The lowest BCUT2D eigenvalue weighted by molar-refractivity contribution is -0.384. The number of hydrogen-bond donors (Lipinski definition) is 1. The summed E-state index contributed by atoms with van der Waals surface area (Å²) in [5.41, 5.74) is 3.18. The van der Waals surface area contributed by atoms with Gasteiger partial charge in [0.15, 0.2) is 0 Å². The Morgan fingerprint density at radius 2 is 1.62 bits per heavy atom. The molecule has 0 bridgehead atoms. The number of benzene rings is 3. The third kappa shape index (κ3) is 6.06.